The SMILES string of the molecule is COc1ccc(NC2=NN(c3ccccc3)C(C)(C)C2)cc1. The number of nitrogens with one attached hydrogen (secondary N) is 1. The summed E-state index contributed by atoms with van der Waals surface area (Å²) < 4.78 is 5.18. The van der Waals surface area contributed by atoms with Crippen molar-refractivity contribution in [2.75, 3.05) is 17.4 Å². The minimum atomic E-state index is -0.0455. The van der Waals surface area contributed by atoms with Gasteiger partial charge in [0.15, 0.2) is 0 Å². The molecule has 1 heterocycles. The van der Waals surface area contributed by atoms with Gasteiger partial charge < -0.3 is 10.1 Å². The Hall–Kier alpha value is -2.49. The van der Waals surface area contributed by atoms with Gasteiger partial charge in [-0.3, -0.25) is 5.01 Å². The molecule has 0 bridgehead atoms. The Morgan fingerprint density at radius 1 is 1.05 bits per heavy atom. The lowest BCUT2D eigenvalue weighted by Gasteiger charge is -2.30. The molecular formula is C18H21N3O. The summed E-state index contributed by atoms with van der Waals surface area (Å²) in [5, 5.41) is 10.2. The molecule has 0 aliphatic carbocycles. The topological polar surface area (TPSA) is 36.9 Å². The summed E-state index contributed by atoms with van der Waals surface area (Å²) in [6, 6.07) is 18.1. The fourth-order valence-electron chi connectivity index (χ4n) is 2.66. The molecule has 3 rings (SSSR count). The van der Waals surface area contributed by atoms with Crippen molar-refractivity contribution in [3.8, 4) is 5.75 Å². The van der Waals surface area contributed by atoms with E-state index in [1.54, 1.807) is 7.11 Å². The molecule has 1 aliphatic heterocycles. The summed E-state index contributed by atoms with van der Waals surface area (Å²) in [7, 11) is 1.67. The van der Waals surface area contributed by atoms with Gasteiger partial charge >= 0.3 is 0 Å². The van der Waals surface area contributed by atoms with Gasteiger partial charge in [-0.15, -0.1) is 0 Å². The van der Waals surface area contributed by atoms with Crippen LogP contribution in [0, 0.1) is 0 Å². The zero-order valence-electron chi connectivity index (χ0n) is 13.2. The highest BCUT2D eigenvalue weighted by atomic mass is 16.5. The Kier molecular flexibility index (Phi) is 3.75. The fraction of sp³-hybridized carbons (Fsp3) is 0.278. The molecule has 0 spiro atoms. The molecule has 0 unspecified atom stereocenters. The zero-order valence-corrected chi connectivity index (χ0v) is 13.2. The molecule has 0 amide bonds. The summed E-state index contributed by atoms with van der Waals surface area (Å²) in [5.74, 6) is 1.82. The average molecular weight is 295 g/mol. The number of hydrogen-bond donors (Lipinski definition) is 1. The number of amidine groups is 1. The number of benzene rings is 2. The van der Waals surface area contributed by atoms with Crippen molar-refractivity contribution in [2.45, 2.75) is 25.8 Å². The molecule has 1 N–H and O–H groups in total. The van der Waals surface area contributed by atoms with E-state index in [2.05, 4.69) is 36.3 Å². The van der Waals surface area contributed by atoms with Crippen molar-refractivity contribution in [3.63, 3.8) is 0 Å². The Labute approximate surface area is 131 Å². The maximum absolute atomic E-state index is 5.18. The van der Waals surface area contributed by atoms with Crippen LogP contribution in [0.15, 0.2) is 59.7 Å². The fourth-order valence-corrected chi connectivity index (χ4v) is 2.66. The van der Waals surface area contributed by atoms with E-state index in [0.29, 0.717) is 0 Å². The normalized spacial score (nSPS) is 16.3. The number of hydrogen-bond acceptors (Lipinski definition) is 4. The second-order valence-electron chi connectivity index (χ2n) is 6.04. The smallest absolute Gasteiger partial charge is 0.129 e. The lowest BCUT2D eigenvalue weighted by Crippen LogP contribution is -2.36. The van der Waals surface area contributed by atoms with Crippen molar-refractivity contribution < 1.29 is 4.74 Å². The first-order valence-electron chi connectivity index (χ1n) is 7.42. The number of ether oxygens (including phenoxy) is 1. The summed E-state index contributed by atoms with van der Waals surface area (Å²) in [6.07, 6.45) is 0.869. The van der Waals surface area contributed by atoms with Gasteiger partial charge in [-0.25, -0.2) is 0 Å². The monoisotopic (exact) mass is 295 g/mol. The molecule has 0 saturated heterocycles. The summed E-state index contributed by atoms with van der Waals surface area (Å²) in [4.78, 5) is 0. The van der Waals surface area contributed by atoms with E-state index in [1.807, 2.05) is 42.5 Å². The second kappa shape index (κ2) is 5.72. The Morgan fingerprint density at radius 3 is 2.36 bits per heavy atom. The predicted molar refractivity (Wildman–Crippen MR) is 91.7 cm³/mol. The van der Waals surface area contributed by atoms with E-state index < -0.39 is 0 Å². The van der Waals surface area contributed by atoms with Crippen molar-refractivity contribution in [1.29, 1.82) is 0 Å². The van der Waals surface area contributed by atoms with E-state index in [0.717, 1.165) is 29.4 Å². The van der Waals surface area contributed by atoms with E-state index >= 15 is 0 Å². The van der Waals surface area contributed by atoms with Crippen molar-refractivity contribution in [1.82, 2.24) is 0 Å². The van der Waals surface area contributed by atoms with Gasteiger partial charge in [0.2, 0.25) is 0 Å². The maximum Gasteiger partial charge on any atom is 0.129 e. The molecule has 0 saturated carbocycles. The number of nitrogens with zero attached hydrogens (tertiary/aromatic N) is 2. The predicted octanol–water partition coefficient (Wildman–Crippen LogP) is 4.11. The van der Waals surface area contributed by atoms with Gasteiger partial charge in [-0.2, -0.15) is 5.10 Å². The van der Waals surface area contributed by atoms with E-state index in [-0.39, 0.29) is 5.54 Å². The lowest BCUT2D eigenvalue weighted by molar-refractivity contribution is 0.415. The van der Waals surface area contributed by atoms with Crippen LogP contribution in [0.1, 0.15) is 20.3 Å². The number of para-hydroxylation sites is 1. The van der Waals surface area contributed by atoms with Gasteiger partial charge in [-0.1, -0.05) is 18.2 Å². The van der Waals surface area contributed by atoms with Crippen molar-refractivity contribution in [3.05, 3.63) is 54.6 Å². The van der Waals surface area contributed by atoms with Gasteiger partial charge in [-0.05, 0) is 50.2 Å². The molecule has 2 aromatic carbocycles. The molecule has 1 aliphatic rings. The van der Waals surface area contributed by atoms with Gasteiger partial charge in [0.1, 0.15) is 11.6 Å². The van der Waals surface area contributed by atoms with Crippen LogP contribution in [0.25, 0.3) is 0 Å². The molecule has 0 aromatic heterocycles. The standard InChI is InChI=1S/C18H21N3O/c1-18(2)13-17(19-14-9-11-16(22-3)12-10-14)20-21(18)15-7-5-4-6-8-15/h4-12H,13H2,1-3H3,(H,19,20). The van der Waals surface area contributed by atoms with Gasteiger partial charge in [0.05, 0.1) is 18.3 Å². The summed E-state index contributed by atoms with van der Waals surface area (Å²) in [6.45, 7) is 4.40. The molecule has 4 heteroatoms. The van der Waals surface area contributed by atoms with Gasteiger partial charge in [0.25, 0.3) is 0 Å². The van der Waals surface area contributed by atoms with E-state index in [4.69, 9.17) is 9.84 Å². The Bertz CT molecular complexity index is 662. The molecular weight excluding hydrogens is 274 g/mol. The number of hydrazone groups is 1. The summed E-state index contributed by atoms with van der Waals surface area (Å²) >= 11 is 0. The van der Waals surface area contributed by atoms with Crippen molar-refractivity contribution in [2.24, 2.45) is 5.10 Å². The molecule has 2 aromatic rings. The Morgan fingerprint density at radius 2 is 1.73 bits per heavy atom. The molecule has 0 atom stereocenters. The zero-order chi connectivity index (χ0) is 15.6. The molecule has 22 heavy (non-hydrogen) atoms. The quantitative estimate of drug-likeness (QED) is 0.926. The highest BCUT2D eigenvalue weighted by Gasteiger charge is 2.35. The molecule has 0 radical (unpaired) electrons. The van der Waals surface area contributed by atoms with Crippen LogP contribution < -0.4 is 15.1 Å². The number of methoxy groups -OCH3 is 1. The molecule has 0 fully saturated rings. The highest BCUT2D eigenvalue weighted by molar-refractivity contribution is 5.98. The third kappa shape index (κ3) is 2.91. The second-order valence-corrected chi connectivity index (χ2v) is 6.04. The van der Waals surface area contributed by atoms with Crippen LogP contribution in [0.3, 0.4) is 0 Å². The van der Waals surface area contributed by atoms with Crippen LogP contribution in [-0.2, 0) is 0 Å². The maximum atomic E-state index is 5.18. The lowest BCUT2D eigenvalue weighted by atomic mass is 10.00. The van der Waals surface area contributed by atoms with E-state index in [1.165, 1.54) is 0 Å². The van der Waals surface area contributed by atoms with Crippen LogP contribution >= 0.6 is 0 Å². The third-order valence-corrected chi connectivity index (χ3v) is 3.77. The minimum Gasteiger partial charge on any atom is -0.497 e. The highest BCUT2D eigenvalue weighted by Crippen LogP contribution is 2.32. The average Bonchev–Trinajstić information content (AvgIpc) is 2.83. The molecule has 4 nitrogen and oxygen atoms in total. The van der Waals surface area contributed by atoms with Gasteiger partial charge in [0, 0.05) is 12.1 Å². The van der Waals surface area contributed by atoms with Crippen LogP contribution in [0.2, 0.25) is 0 Å². The summed E-state index contributed by atoms with van der Waals surface area (Å²) in [5.41, 5.74) is 2.08. The number of anilines is 2. The molecule has 114 valence electrons. The van der Waals surface area contributed by atoms with Crippen molar-refractivity contribution >= 4 is 17.2 Å². The Balaban J connectivity index is 1.80. The minimum absolute atomic E-state index is 0.0455. The number of rotatable bonds is 3. The van der Waals surface area contributed by atoms with E-state index in [9.17, 15) is 0 Å². The largest absolute Gasteiger partial charge is 0.497 e. The first kappa shape index (κ1) is 14.4. The van der Waals surface area contributed by atoms with Crippen LogP contribution in [0.5, 0.6) is 5.75 Å². The third-order valence-electron chi connectivity index (χ3n) is 3.77. The first-order chi connectivity index (χ1) is 10.6. The first-order valence-corrected chi connectivity index (χ1v) is 7.42. The van der Waals surface area contributed by atoms with Crippen LogP contribution in [0.4, 0.5) is 11.4 Å². The van der Waals surface area contributed by atoms with Crippen LogP contribution in [-0.4, -0.2) is 18.5 Å².